The topological polar surface area (TPSA) is 66.9 Å². The molecule has 1 amide bonds. The standard InChI is InChI=1S/C18H24N4OS2/c1-13(16(23)19-14-9-5-2-3-6-10-14)24-18-22-21-17(25-18)20-15-11-7-4-8-12-15/h4,7-8,11-14H,2-3,5-6,9-10H2,1H3,(H,19,23)(H,20,21)/t13-/m1/s1. The largest absolute Gasteiger partial charge is 0.352 e. The molecule has 7 heteroatoms. The van der Waals surface area contributed by atoms with E-state index in [1.165, 1.54) is 48.8 Å². The fourth-order valence-corrected chi connectivity index (χ4v) is 4.83. The lowest BCUT2D eigenvalue weighted by Crippen LogP contribution is -2.39. The van der Waals surface area contributed by atoms with Gasteiger partial charge in [0.15, 0.2) is 4.34 Å². The summed E-state index contributed by atoms with van der Waals surface area (Å²) in [6, 6.07) is 10.2. The second kappa shape index (κ2) is 9.20. The maximum atomic E-state index is 12.4. The molecule has 0 bridgehead atoms. The molecule has 2 aromatic rings. The number of thioether (sulfide) groups is 1. The molecule has 0 saturated heterocycles. The third kappa shape index (κ3) is 5.71. The molecule has 1 atom stereocenters. The highest BCUT2D eigenvalue weighted by atomic mass is 32.2. The number of carbonyl (C=O) groups excluding carboxylic acids is 1. The average molecular weight is 377 g/mol. The molecule has 1 aliphatic rings. The maximum absolute atomic E-state index is 12.4. The summed E-state index contributed by atoms with van der Waals surface area (Å²) >= 11 is 2.94. The van der Waals surface area contributed by atoms with Gasteiger partial charge in [-0.3, -0.25) is 4.79 Å². The molecule has 1 aromatic heterocycles. The molecular weight excluding hydrogens is 352 g/mol. The van der Waals surface area contributed by atoms with E-state index < -0.39 is 0 Å². The molecule has 3 rings (SSSR count). The van der Waals surface area contributed by atoms with Crippen LogP contribution in [0.15, 0.2) is 34.7 Å². The third-order valence-corrected chi connectivity index (χ3v) is 6.30. The lowest BCUT2D eigenvalue weighted by molar-refractivity contribution is -0.121. The molecule has 134 valence electrons. The fraction of sp³-hybridized carbons (Fsp3) is 0.500. The molecule has 1 heterocycles. The van der Waals surface area contributed by atoms with Crippen LogP contribution in [0.1, 0.15) is 45.4 Å². The Balaban J connectivity index is 1.50. The van der Waals surface area contributed by atoms with Gasteiger partial charge in [0.05, 0.1) is 5.25 Å². The SMILES string of the molecule is C[C@@H](Sc1nnc(Nc2ccccc2)s1)C(=O)NC1CCCCCC1. The van der Waals surface area contributed by atoms with Crippen LogP contribution in [0.5, 0.6) is 0 Å². The first-order chi connectivity index (χ1) is 12.2. The lowest BCUT2D eigenvalue weighted by Gasteiger charge is -2.18. The van der Waals surface area contributed by atoms with Crippen LogP contribution in [0.4, 0.5) is 10.8 Å². The van der Waals surface area contributed by atoms with E-state index in [2.05, 4.69) is 20.8 Å². The van der Waals surface area contributed by atoms with Crippen LogP contribution >= 0.6 is 23.1 Å². The monoisotopic (exact) mass is 376 g/mol. The van der Waals surface area contributed by atoms with Gasteiger partial charge in [-0.1, -0.05) is 67.0 Å². The van der Waals surface area contributed by atoms with Crippen LogP contribution in [0.3, 0.4) is 0 Å². The summed E-state index contributed by atoms with van der Waals surface area (Å²) in [7, 11) is 0. The van der Waals surface area contributed by atoms with Gasteiger partial charge in [0.25, 0.3) is 0 Å². The molecule has 0 spiro atoms. The molecule has 0 aliphatic heterocycles. The normalized spacial score (nSPS) is 16.8. The second-order valence-corrected chi connectivity index (χ2v) is 8.89. The molecule has 1 saturated carbocycles. The molecule has 0 unspecified atom stereocenters. The van der Waals surface area contributed by atoms with Gasteiger partial charge in [-0.05, 0) is 31.9 Å². The highest BCUT2D eigenvalue weighted by molar-refractivity contribution is 8.02. The Hall–Kier alpha value is -1.60. The van der Waals surface area contributed by atoms with E-state index in [9.17, 15) is 4.79 Å². The summed E-state index contributed by atoms with van der Waals surface area (Å²) in [5.41, 5.74) is 0.981. The van der Waals surface area contributed by atoms with Crippen molar-refractivity contribution in [2.45, 2.75) is 61.1 Å². The van der Waals surface area contributed by atoms with Gasteiger partial charge in [0.1, 0.15) is 0 Å². The van der Waals surface area contributed by atoms with E-state index in [1.807, 2.05) is 37.3 Å². The fourth-order valence-electron chi connectivity index (χ4n) is 2.90. The van der Waals surface area contributed by atoms with Crippen molar-refractivity contribution >= 4 is 39.8 Å². The summed E-state index contributed by atoms with van der Waals surface area (Å²) in [6.45, 7) is 1.93. The second-order valence-electron chi connectivity index (χ2n) is 6.32. The zero-order chi connectivity index (χ0) is 17.5. The third-order valence-electron chi connectivity index (χ3n) is 4.28. The van der Waals surface area contributed by atoms with E-state index in [1.54, 1.807) is 0 Å². The van der Waals surface area contributed by atoms with Crippen LogP contribution in [0.25, 0.3) is 0 Å². The minimum Gasteiger partial charge on any atom is -0.352 e. The summed E-state index contributed by atoms with van der Waals surface area (Å²) in [5, 5.41) is 15.4. The molecule has 1 fully saturated rings. The number of hydrogen-bond acceptors (Lipinski definition) is 6. The summed E-state index contributed by atoms with van der Waals surface area (Å²) < 4.78 is 0.807. The highest BCUT2D eigenvalue weighted by Crippen LogP contribution is 2.30. The molecule has 2 N–H and O–H groups in total. The van der Waals surface area contributed by atoms with E-state index in [4.69, 9.17) is 0 Å². The number of carbonyl (C=O) groups is 1. The molecular formula is C18H24N4OS2. The summed E-state index contributed by atoms with van der Waals surface area (Å²) in [6.07, 6.45) is 7.23. The smallest absolute Gasteiger partial charge is 0.233 e. The average Bonchev–Trinajstić information content (AvgIpc) is 2.89. The van der Waals surface area contributed by atoms with Crippen molar-refractivity contribution in [2.24, 2.45) is 0 Å². The van der Waals surface area contributed by atoms with Crippen LogP contribution in [0, 0.1) is 0 Å². The zero-order valence-corrected chi connectivity index (χ0v) is 16.0. The minimum absolute atomic E-state index is 0.102. The van der Waals surface area contributed by atoms with Crippen molar-refractivity contribution in [1.29, 1.82) is 0 Å². The van der Waals surface area contributed by atoms with Crippen LogP contribution < -0.4 is 10.6 Å². The van der Waals surface area contributed by atoms with E-state index in [0.29, 0.717) is 6.04 Å². The van der Waals surface area contributed by atoms with Crippen LogP contribution in [0.2, 0.25) is 0 Å². The van der Waals surface area contributed by atoms with Gasteiger partial charge in [-0.25, -0.2) is 0 Å². The van der Waals surface area contributed by atoms with Crippen molar-refractivity contribution in [3.8, 4) is 0 Å². The predicted octanol–water partition coefficient (Wildman–Crippen LogP) is 4.60. The summed E-state index contributed by atoms with van der Waals surface area (Å²) in [4.78, 5) is 12.4. The van der Waals surface area contributed by atoms with Crippen molar-refractivity contribution in [3.63, 3.8) is 0 Å². The van der Waals surface area contributed by atoms with Crippen molar-refractivity contribution < 1.29 is 4.79 Å². The van der Waals surface area contributed by atoms with Gasteiger partial charge in [0, 0.05) is 11.7 Å². The number of nitrogens with one attached hydrogen (secondary N) is 2. The minimum atomic E-state index is -0.166. The number of nitrogens with zero attached hydrogens (tertiary/aromatic N) is 2. The Kier molecular flexibility index (Phi) is 6.69. The lowest BCUT2D eigenvalue weighted by atomic mass is 10.1. The van der Waals surface area contributed by atoms with Gasteiger partial charge in [-0.2, -0.15) is 0 Å². The van der Waals surface area contributed by atoms with Gasteiger partial charge in [0.2, 0.25) is 11.0 Å². The maximum Gasteiger partial charge on any atom is 0.233 e. The van der Waals surface area contributed by atoms with Gasteiger partial charge < -0.3 is 10.6 Å². The van der Waals surface area contributed by atoms with Crippen molar-refractivity contribution in [1.82, 2.24) is 15.5 Å². The Morgan fingerprint density at radius 3 is 2.60 bits per heavy atom. The zero-order valence-electron chi connectivity index (χ0n) is 14.4. The van der Waals surface area contributed by atoms with Crippen LogP contribution in [-0.2, 0) is 4.79 Å². The van der Waals surface area contributed by atoms with Crippen molar-refractivity contribution in [3.05, 3.63) is 30.3 Å². The first kappa shape index (κ1) is 18.2. The number of benzene rings is 1. The number of hydrogen-bond donors (Lipinski definition) is 2. The molecule has 1 aromatic carbocycles. The van der Waals surface area contributed by atoms with E-state index in [-0.39, 0.29) is 11.2 Å². The molecule has 0 radical (unpaired) electrons. The van der Waals surface area contributed by atoms with E-state index in [0.717, 1.165) is 28.0 Å². The quantitative estimate of drug-likeness (QED) is 0.570. The van der Waals surface area contributed by atoms with Crippen LogP contribution in [-0.4, -0.2) is 27.4 Å². The molecule has 5 nitrogen and oxygen atoms in total. The Labute approximate surface area is 157 Å². The Morgan fingerprint density at radius 1 is 1.16 bits per heavy atom. The first-order valence-corrected chi connectivity index (χ1v) is 10.5. The number of rotatable bonds is 6. The molecule has 25 heavy (non-hydrogen) atoms. The Morgan fingerprint density at radius 2 is 1.88 bits per heavy atom. The highest BCUT2D eigenvalue weighted by Gasteiger charge is 2.21. The number of aromatic nitrogens is 2. The number of anilines is 2. The summed E-state index contributed by atoms with van der Waals surface area (Å²) in [5.74, 6) is 0.102. The number of amides is 1. The van der Waals surface area contributed by atoms with Gasteiger partial charge in [-0.15, -0.1) is 10.2 Å². The van der Waals surface area contributed by atoms with E-state index >= 15 is 0 Å². The van der Waals surface area contributed by atoms with Gasteiger partial charge >= 0.3 is 0 Å². The van der Waals surface area contributed by atoms with Crippen molar-refractivity contribution in [2.75, 3.05) is 5.32 Å². The predicted molar refractivity (Wildman–Crippen MR) is 105 cm³/mol. The Bertz CT molecular complexity index is 669. The first-order valence-electron chi connectivity index (χ1n) is 8.83. The molecule has 1 aliphatic carbocycles. The number of para-hydroxylation sites is 1.